The largest absolute Gasteiger partial charge is 0.493 e. The number of ether oxygens (including phenoxy) is 2. The van der Waals surface area contributed by atoms with Crippen LogP contribution in [0.25, 0.3) is 0 Å². The zero-order valence-corrected chi connectivity index (χ0v) is 10.8. The summed E-state index contributed by atoms with van der Waals surface area (Å²) in [5, 5.41) is 7.49. The molecule has 5 nitrogen and oxygen atoms in total. The highest BCUT2D eigenvalue weighted by atomic mass is 16.5. The summed E-state index contributed by atoms with van der Waals surface area (Å²) in [6.07, 6.45) is 1.90. The summed E-state index contributed by atoms with van der Waals surface area (Å²) in [5.41, 5.74) is 1.11. The number of nitrogens with zero attached hydrogens (tertiary/aromatic N) is 2. The molecule has 0 aliphatic heterocycles. The summed E-state index contributed by atoms with van der Waals surface area (Å²) < 4.78 is 12.2. The van der Waals surface area contributed by atoms with Crippen LogP contribution in [0.4, 0.5) is 5.82 Å². The van der Waals surface area contributed by atoms with Crippen LogP contribution in [0.2, 0.25) is 0 Å². The van der Waals surface area contributed by atoms with E-state index in [2.05, 4.69) is 10.4 Å². The van der Waals surface area contributed by atoms with Crippen LogP contribution in [-0.4, -0.2) is 24.0 Å². The van der Waals surface area contributed by atoms with E-state index in [1.165, 1.54) is 0 Å². The number of aryl methyl sites for hydroxylation is 1. The van der Waals surface area contributed by atoms with Crippen LogP contribution >= 0.6 is 0 Å². The summed E-state index contributed by atoms with van der Waals surface area (Å²) >= 11 is 0. The molecule has 18 heavy (non-hydrogen) atoms. The highest BCUT2D eigenvalue weighted by Gasteiger charge is 2.04. The maximum atomic E-state index is 5.26. The van der Waals surface area contributed by atoms with Gasteiger partial charge in [0.2, 0.25) is 0 Å². The van der Waals surface area contributed by atoms with Crippen molar-refractivity contribution in [2.45, 2.75) is 6.54 Å². The molecule has 1 aromatic heterocycles. The zero-order chi connectivity index (χ0) is 13.0. The molecule has 1 aromatic carbocycles. The lowest BCUT2D eigenvalue weighted by atomic mass is 10.2. The van der Waals surface area contributed by atoms with E-state index in [9.17, 15) is 0 Å². The number of anilines is 1. The minimum atomic E-state index is 0.692. The number of rotatable bonds is 5. The van der Waals surface area contributed by atoms with E-state index in [4.69, 9.17) is 9.47 Å². The van der Waals surface area contributed by atoms with E-state index in [0.717, 1.165) is 22.9 Å². The monoisotopic (exact) mass is 247 g/mol. The molecule has 2 rings (SSSR count). The van der Waals surface area contributed by atoms with E-state index < -0.39 is 0 Å². The predicted octanol–water partition coefficient (Wildman–Crippen LogP) is 2.05. The number of methoxy groups -OCH3 is 2. The number of hydrogen-bond acceptors (Lipinski definition) is 4. The average molecular weight is 247 g/mol. The van der Waals surface area contributed by atoms with Crippen molar-refractivity contribution >= 4 is 5.82 Å². The normalized spacial score (nSPS) is 10.2. The Labute approximate surface area is 106 Å². The third kappa shape index (κ3) is 2.74. The Morgan fingerprint density at radius 3 is 2.56 bits per heavy atom. The Morgan fingerprint density at radius 2 is 1.94 bits per heavy atom. The Hall–Kier alpha value is -2.17. The number of hydrogen-bond donors (Lipinski definition) is 1. The van der Waals surface area contributed by atoms with Crippen molar-refractivity contribution in [1.29, 1.82) is 0 Å². The maximum absolute atomic E-state index is 5.26. The van der Waals surface area contributed by atoms with Crippen molar-refractivity contribution in [3.05, 3.63) is 36.0 Å². The zero-order valence-electron chi connectivity index (χ0n) is 10.8. The van der Waals surface area contributed by atoms with Crippen LogP contribution < -0.4 is 14.8 Å². The fourth-order valence-electron chi connectivity index (χ4n) is 1.69. The quantitative estimate of drug-likeness (QED) is 0.878. The van der Waals surface area contributed by atoms with Crippen molar-refractivity contribution in [3.8, 4) is 11.5 Å². The minimum absolute atomic E-state index is 0.692. The van der Waals surface area contributed by atoms with Gasteiger partial charge in [0, 0.05) is 25.9 Å². The van der Waals surface area contributed by atoms with Gasteiger partial charge in [0.25, 0.3) is 0 Å². The van der Waals surface area contributed by atoms with Crippen LogP contribution in [0.3, 0.4) is 0 Å². The molecule has 0 amide bonds. The second-order valence-electron chi connectivity index (χ2n) is 3.92. The van der Waals surface area contributed by atoms with Crippen LogP contribution in [0.15, 0.2) is 30.5 Å². The summed E-state index contributed by atoms with van der Waals surface area (Å²) in [6, 6.07) is 7.78. The molecule has 0 saturated carbocycles. The molecule has 0 unspecified atom stereocenters. The summed E-state index contributed by atoms with van der Waals surface area (Å²) in [7, 11) is 5.15. The highest BCUT2D eigenvalue weighted by molar-refractivity contribution is 5.44. The SMILES string of the molecule is COc1ccc(CNc2ccn(C)n2)cc1OC. The lowest BCUT2D eigenvalue weighted by molar-refractivity contribution is 0.354. The lowest BCUT2D eigenvalue weighted by Gasteiger charge is -2.09. The lowest BCUT2D eigenvalue weighted by Crippen LogP contribution is -2.01. The van der Waals surface area contributed by atoms with Crippen LogP contribution in [0.5, 0.6) is 11.5 Å². The average Bonchev–Trinajstić information content (AvgIpc) is 2.81. The van der Waals surface area contributed by atoms with Gasteiger partial charge in [0.05, 0.1) is 14.2 Å². The molecule has 0 aliphatic rings. The maximum Gasteiger partial charge on any atom is 0.161 e. The fourth-order valence-corrected chi connectivity index (χ4v) is 1.69. The Bertz CT molecular complexity index is 523. The standard InChI is InChI=1S/C13H17N3O2/c1-16-7-6-13(15-16)14-9-10-4-5-11(17-2)12(8-10)18-3/h4-8H,9H2,1-3H3,(H,14,15). The van der Waals surface area contributed by atoms with E-state index in [1.807, 2.05) is 37.5 Å². The van der Waals surface area contributed by atoms with Gasteiger partial charge in [-0.1, -0.05) is 6.07 Å². The molecule has 0 bridgehead atoms. The molecule has 96 valence electrons. The summed E-state index contributed by atoms with van der Waals surface area (Å²) in [5.74, 6) is 2.32. The van der Waals surface area contributed by atoms with E-state index >= 15 is 0 Å². The van der Waals surface area contributed by atoms with Gasteiger partial charge < -0.3 is 14.8 Å². The fraction of sp³-hybridized carbons (Fsp3) is 0.308. The molecule has 0 spiro atoms. The second kappa shape index (κ2) is 5.44. The molecule has 0 saturated heterocycles. The first kappa shape index (κ1) is 12.3. The molecule has 0 radical (unpaired) electrons. The van der Waals surface area contributed by atoms with Gasteiger partial charge in [-0.15, -0.1) is 0 Å². The van der Waals surface area contributed by atoms with Gasteiger partial charge in [-0.25, -0.2) is 0 Å². The molecule has 0 aliphatic carbocycles. The molecule has 0 atom stereocenters. The molecule has 0 fully saturated rings. The van der Waals surface area contributed by atoms with E-state index in [0.29, 0.717) is 6.54 Å². The third-order valence-corrected chi connectivity index (χ3v) is 2.64. The van der Waals surface area contributed by atoms with E-state index in [1.54, 1.807) is 18.9 Å². The molecule has 2 aromatic rings. The second-order valence-corrected chi connectivity index (χ2v) is 3.92. The molecular weight excluding hydrogens is 230 g/mol. The minimum Gasteiger partial charge on any atom is -0.493 e. The first-order chi connectivity index (χ1) is 8.72. The van der Waals surface area contributed by atoms with Gasteiger partial charge in [0.1, 0.15) is 5.82 Å². The first-order valence-electron chi connectivity index (χ1n) is 5.67. The van der Waals surface area contributed by atoms with Crippen molar-refractivity contribution < 1.29 is 9.47 Å². The van der Waals surface area contributed by atoms with Crippen LogP contribution in [0, 0.1) is 0 Å². The molecule has 5 heteroatoms. The van der Waals surface area contributed by atoms with Gasteiger partial charge in [-0.2, -0.15) is 5.10 Å². The van der Waals surface area contributed by atoms with Crippen molar-refractivity contribution in [3.63, 3.8) is 0 Å². The Balaban J connectivity index is 2.05. The van der Waals surface area contributed by atoms with Crippen molar-refractivity contribution in [1.82, 2.24) is 9.78 Å². The van der Waals surface area contributed by atoms with Crippen molar-refractivity contribution in [2.24, 2.45) is 7.05 Å². The Morgan fingerprint density at radius 1 is 1.17 bits per heavy atom. The number of aromatic nitrogens is 2. The van der Waals surface area contributed by atoms with Gasteiger partial charge in [0.15, 0.2) is 11.5 Å². The molecule has 1 N–H and O–H groups in total. The van der Waals surface area contributed by atoms with Crippen molar-refractivity contribution in [2.75, 3.05) is 19.5 Å². The van der Waals surface area contributed by atoms with E-state index in [-0.39, 0.29) is 0 Å². The highest BCUT2D eigenvalue weighted by Crippen LogP contribution is 2.27. The Kier molecular flexibility index (Phi) is 3.72. The summed E-state index contributed by atoms with van der Waals surface area (Å²) in [6.45, 7) is 0.692. The molecule has 1 heterocycles. The third-order valence-electron chi connectivity index (χ3n) is 2.64. The topological polar surface area (TPSA) is 48.3 Å². The van der Waals surface area contributed by atoms with Gasteiger partial charge in [-0.3, -0.25) is 4.68 Å². The number of benzene rings is 1. The number of nitrogens with one attached hydrogen (secondary N) is 1. The molecular formula is C13H17N3O2. The smallest absolute Gasteiger partial charge is 0.161 e. The van der Waals surface area contributed by atoms with Gasteiger partial charge >= 0.3 is 0 Å². The first-order valence-corrected chi connectivity index (χ1v) is 5.67. The predicted molar refractivity (Wildman–Crippen MR) is 70.1 cm³/mol. The van der Waals surface area contributed by atoms with Crippen LogP contribution in [-0.2, 0) is 13.6 Å². The summed E-state index contributed by atoms with van der Waals surface area (Å²) in [4.78, 5) is 0. The van der Waals surface area contributed by atoms with Crippen LogP contribution in [0.1, 0.15) is 5.56 Å². The van der Waals surface area contributed by atoms with Gasteiger partial charge in [-0.05, 0) is 17.7 Å².